The third-order valence-electron chi connectivity index (χ3n) is 20.1. The van der Waals surface area contributed by atoms with Crippen molar-refractivity contribution in [3.63, 3.8) is 0 Å². The molecule has 32 nitrogen and oxygen atoms in total. The van der Waals surface area contributed by atoms with Crippen LogP contribution in [0, 0.1) is 0 Å². The lowest BCUT2D eigenvalue weighted by atomic mass is 9.77. The van der Waals surface area contributed by atoms with Gasteiger partial charge in [-0.1, -0.05) is 25.0 Å². The minimum Gasteiger partial charge on any atom is -0.508 e. The zero-order chi connectivity index (χ0) is 77.2. The average molecular weight is 1510 g/mol. The molecule has 107 heavy (non-hydrogen) atoms. The molecule has 0 unspecified atom stereocenters. The first-order valence-corrected chi connectivity index (χ1v) is 37.1. The lowest BCUT2D eigenvalue weighted by molar-refractivity contribution is -0.148. The van der Waals surface area contributed by atoms with Gasteiger partial charge in [-0.05, 0) is 171 Å². The van der Waals surface area contributed by atoms with Crippen LogP contribution in [0.3, 0.4) is 0 Å². The number of aliphatic hydroxyl groups is 1. The molecule has 6 heterocycles. The summed E-state index contributed by atoms with van der Waals surface area (Å²) in [6, 6.07) is 4.41. The number of thiocarbonyl (C=S) groups is 1. The van der Waals surface area contributed by atoms with Crippen LogP contribution in [0.4, 0.5) is 5.69 Å². The molecule has 8 atom stereocenters. The molecule has 3 saturated heterocycles. The van der Waals surface area contributed by atoms with E-state index in [1.165, 1.54) is 57.7 Å². The SMILES string of the molecule is C[C@@H]1NC(=O)[C@H]([C@@H](C)O)NC(=O)[C@@H]2CCCN2C(=O)[C@H](CCC(=O)O)NC(=O)CN(C(=O)CCCCNC(=S)Nc2ccc3c(c2)C2(OC3=O)c3ccc(O)cc3Oc3cc(O)ccc32)CCCCC=CCCCCCCN(CC(N)=O)C(=O)[C@H](CCC(=O)O)NC(=O)[C@@H]2CCCN2C(=O)[C@@H]2CCCN2C1=O. The van der Waals surface area contributed by atoms with Crippen LogP contribution in [0.5, 0.6) is 23.0 Å². The number of nitrogens with one attached hydrogen (secondary N) is 6. The number of carboxylic acid groups (broad SMARTS) is 2. The van der Waals surface area contributed by atoms with Crippen molar-refractivity contribution in [1.29, 1.82) is 0 Å². The maximum absolute atomic E-state index is 14.6. The van der Waals surface area contributed by atoms with E-state index >= 15 is 0 Å². The summed E-state index contributed by atoms with van der Waals surface area (Å²) in [6.07, 6.45) is 7.67. The van der Waals surface area contributed by atoms with Gasteiger partial charge in [0.1, 0.15) is 65.3 Å². The lowest BCUT2D eigenvalue weighted by Crippen LogP contribution is -2.61. The number of ether oxygens (including phenoxy) is 2. The molecule has 3 fully saturated rings. The van der Waals surface area contributed by atoms with Gasteiger partial charge < -0.3 is 97.1 Å². The predicted octanol–water partition coefficient (Wildman–Crippen LogP) is 3.00. The zero-order valence-electron chi connectivity index (χ0n) is 60.1. The fourth-order valence-corrected chi connectivity index (χ4v) is 14.9. The Morgan fingerprint density at radius 3 is 1.79 bits per heavy atom. The maximum atomic E-state index is 14.6. The van der Waals surface area contributed by atoms with Gasteiger partial charge in [0.25, 0.3) is 0 Å². The van der Waals surface area contributed by atoms with Crippen LogP contribution in [0.2, 0.25) is 0 Å². The number of unbranched alkanes of at least 4 members (excludes halogenated alkanes) is 1. The number of aromatic hydroxyl groups is 2. The van der Waals surface area contributed by atoms with E-state index in [-0.39, 0.29) is 105 Å². The molecule has 0 saturated carbocycles. The number of carbonyl (C=O) groups excluding carboxylic acids is 11. The molecule has 33 heteroatoms. The van der Waals surface area contributed by atoms with Gasteiger partial charge in [-0.2, -0.15) is 0 Å². The number of nitrogens with two attached hydrogens (primary N) is 1. The molecular formula is C74H96N12O20S. The summed E-state index contributed by atoms with van der Waals surface area (Å²) in [5.41, 5.74) is 6.14. The Hall–Kier alpha value is -10.4. The van der Waals surface area contributed by atoms with Gasteiger partial charge in [0.2, 0.25) is 59.1 Å². The number of anilines is 1. The number of phenols is 2. The number of aliphatic carboxylic acids is 2. The molecule has 578 valence electrons. The van der Waals surface area contributed by atoms with Crippen molar-refractivity contribution in [1.82, 2.24) is 51.1 Å². The Bertz CT molecular complexity index is 3860. The Balaban J connectivity index is 0.872. The van der Waals surface area contributed by atoms with Gasteiger partial charge >= 0.3 is 17.9 Å². The van der Waals surface area contributed by atoms with Crippen LogP contribution in [0.1, 0.15) is 176 Å². The molecule has 0 bridgehead atoms. The number of esters is 1. The zero-order valence-corrected chi connectivity index (χ0v) is 60.9. The van der Waals surface area contributed by atoms with Gasteiger partial charge in [0, 0.05) is 93.0 Å². The predicted molar refractivity (Wildman–Crippen MR) is 388 cm³/mol. The topological polar surface area (TPSA) is 456 Å². The van der Waals surface area contributed by atoms with Gasteiger partial charge in [-0.15, -0.1) is 0 Å². The molecule has 10 amide bonds. The fourth-order valence-electron chi connectivity index (χ4n) is 14.7. The summed E-state index contributed by atoms with van der Waals surface area (Å²) in [5, 5.41) is 68.0. The second-order valence-corrected chi connectivity index (χ2v) is 28.3. The highest BCUT2D eigenvalue weighted by Gasteiger charge is 2.54. The van der Waals surface area contributed by atoms with E-state index in [0.717, 1.165) is 17.7 Å². The number of rotatable bonds is 15. The summed E-state index contributed by atoms with van der Waals surface area (Å²) in [7, 11) is 0. The van der Waals surface area contributed by atoms with Gasteiger partial charge in [-0.25, -0.2) is 4.79 Å². The monoisotopic (exact) mass is 1500 g/mol. The molecule has 3 aromatic rings. The minimum atomic E-state index is -1.70. The van der Waals surface area contributed by atoms with Crippen LogP contribution in [-0.2, 0) is 67.9 Å². The smallest absolute Gasteiger partial charge is 0.340 e. The largest absolute Gasteiger partial charge is 0.508 e. The van der Waals surface area contributed by atoms with Crippen LogP contribution in [-0.4, -0.2) is 233 Å². The van der Waals surface area contributed by atoms with E-state index in [9.17, 15) is 87.9 Å². The molecule has 1 spiro atoms. The van der Waals surface area contributed by atoms with E-state index in [1.54, 1.807) is 30.3 Å². The van der Waals surface area contributed by atoms with E-state index < -0.39 is 163 Å². The number of carboxylic acids is 2. The number of benzene rings is 3. The van der Waals surface area contributed by atoms with E-state index in [1.807, 2.05) is 12.2 Å². The van der Waals surface area contributed by atoms with Crippen LogP contribution in [0.25, 0.3) is 0 Å². The number of aliphatic hydroxyl groups excluding tert-OH is 1. The first-order valence-electron chi connectivity index (χ1n) is 36.7. The molecule has 6 aliphatic heterocycles. The number of fused-ring (bicyclic) bond motifs is 9. The highest BCUT2D eigenvalue weighted by atomic mass is 32.1. The minimum absolute atomic E-state index is 0.0150. The summed E-state index contributed by atoms with van der Waals surface area (Å²) in [6.45, 7) is 2.19. The number of primary amides is 1. The molecule has 0 radical (unpaired) electrons. The third-order valence-corrected chi connectivity index (χ3v) is 20.3. The van der Waals surface area contributed by atoms with Crippen LogP contribution < -0.4 is 42.4 Å². The second kappa shape index (κ2) is 37.2. The van der Waals surface area contributed by atoms with Crippen LogP contribution in [0.15, 0.2) is 66.7 Å². The Morgan fingerprint density at radius 2 is 1.18 bits per heavy atom. The Labute approximate surface area is 623 Å². The lowest BCUT2D eigenvalue weighted by Gasteiger charge is -2.36. The van der Waals surface area contributed by atoms with E-state index in [2.05, 4.69) is 31.9 Å². The third kappa shape index (κ3) is 20.4. The summed E-state index contributed by atoms with van der Waals surface area (Å²) in [5.74, 6) is -10.4. The summed E-state index contributed by atoms with van der Waals surface area (Å²) in [4.78, 5) is 184. The van der Waals surface area contributed by atoms with Crippen molar-refractivity contribution in [3.05, 3.63) is 89.0 Å². The molecule has 3 aromatic carbocycles. The highest BCUT2D eigenvalue weighted by molar-refractivity contribution is 7.80. The van der Waals surface area contributed by atoms with Gasteiger partial charge in [-0.3, -0.25) is 57.5 Å². The van der Waals surface area contributed by atoms with Gasteiger partial charge in [0.05, 0.1) is 24.8 Å². The van der Waals surface area contributed by atoms with E-state index in [0.29, 0.717) is 93.1 Å². The van der Waals surface area contributed by atoms with Crippen LogP contribution >= 0.6 is 12.2 Å². The molecule has 9 rings (SSSR count). The highest BCUT2D eigenvalue weighted by Crippen LogP contribution is 2.57. The van der Waals surface area contributed by atoms with E-state index in [4.69, 9.17) is 27.4 Å². The first-order chi connectivity index (χ1) is 51.1. The number of carbonyl (C=O) groups is 13. The maximum Gasteiger partial charge on any atom is 0.340 e. The summed E-state index contributed by atoms with van der Waals surface area (Å²) < 4.78 is 12.3. The quantitative estimate of drug-likeness (QED) is 0.0450. The Morgan fingerprint density at radius 1 is 0.617 bits per heavy atom. The normalized spacial score (nSPS) is 23.5. The molecule has 0 aliphatic carbocycles. The molecular weight excluding hydrogens is 1410 g/mol. The van der Waals surface area contributed by atoms with Crippen molar-refractivity contribution >= 4 is 100.0 Å². The standard InChI is InChI=1S/C74H96N12O20S/c1-43-68(100)86-37-17-20-56(86)71(103)85-36-16-18-54(85)65(97)80-52(28-30-62(93)94)69(101)83(41-59(75)90)34-14-10-8-6-4-3-5-7-9-13-33-82(42-60(91)79-53(29-31-63(95)96)70(102)84-35-15-19-55(84)66(98)81-64(44(2)87)67(99)77-43)61(92)21-11-12-32-76-73(107)78-45-22-25-48-51(38-45)74(106-72(48)104)49-26-23-46(88)39-57(49)105-58-40-47(89)24-27-50(58)74/h3,5,22-27,38-40,43-44,52-56,64,87-89H,4,6-21,28-37,41-42H2,1-2H3,(H2,75,90)(H,77,99)(H,79,91)(H,80,97)(H,81,98)(H,93,94)(H,95,96)(H2,76,78,107)/t43-,44+,52-,53-,54-,55-,56-,64-/m0/s1. The number of phenolic OH excluding ortho intramolecular Hbond substituents is 2. The number of hydrogen-bond donors (Lipinski definition) is 12. The van der Waals surface area contributed by atoms with Crippen molar-refractivity contribution in [2.24, 2.45) is 5.73 Å². The number of allylic oxidation sites excluding steroid dienone is 2. The molecule has 0 aromatic heterocycles. The summed E-state index contributed by atoms with van der Waals surface area (Å²) >= 11 is 5.69. The Kier molecular flexibility index (Phi) is 28.0. The van der Waals surface area contributed by atoms with Crippen molar-refractivity contribution in [2.75, 3.05) is 57.7 Å². The number of hydrogen-bond acceptors (Lipinski definition) is 19. The number of amides is 10. The second-order valence-electron chi connectivity index (χ2n) is 27.9. The molecule has 13 N–H and O–H groups in total. The van der Waals surface area contributed by atoms with Crippen molar-refractivity contribution < 1.29 is 97.3 Å². The average Bonchev–Trinajstić information content (AvgIpc) is 1.58. The number of nitrogens with zero attached hydrogens (tertiary/aromatic N) is 5. The van der Waals surface area contributed by atoms with Gasteiger partial charge in [0.15, 0.2) is 10.7 Å². The fraction of sp³-hybridized carbons (Fsp3) is 0.541. The molecule has 6 aliphatic rings. The van der Waals surface area contributed by atoms with Crippen molar-refractivity contribution in [3.8, 4) is 23.0 Å². The van der Waals surface area contributed by atoms with Crippen molar-refractivity contribution in [2.45, 2.75) is 203 Å². The first kappa shape index (κ1) is 80.7.